The maximum absolute atomic E-state index is 12.4. The smallest absolute Gasteiger partial charge is 0.324 e. The summed E-state index contributed by atoms with van der Waals surface area (Å²) in [6.45, 7) is 1.95. The van der Waals surface area contributed by atoms with Gasteiger partial charge in [0.05, 0.1) is 5.56 Å². The highest BCUT2D eigenvalue weighted by atomic mass is 35.5. The van der Waals surface area contributed by atoms with Crippen LogP contribution in [0.4, 0.5) is 13.2 Å². The van der Waals surface area contributed by atoms with Crippen molar-refractivity contribution in [3.63, 3.8) is 0 Å². The number of hydrogen-bond acceptors (Lipinski definition) is 1. The average molecular weight is 254 g/mol. The van der Waals surface area contributed by atoms with E-state index in [9.17, 15) is 13.2 Å². The van der Waals surface area contributed by atoms with Crippen LogP contribution in [0.1, 0.15) is 36.9 Å². The first kappa shape index (κ1) is 15.3. The highest BCUT2D eigenvalue weighted by molar-refractivity contribution is 5.85. The van der Waals surface area contributed by atoms with E-state index in [1.165, 1.54) is 6.07 Å². The van der Waals surface area contributed by atoms with E-state index in [1.807, 2.05) is 6.92 Å². The fourth-order valence-electron chi connectivity index (χ4n) is 1.42. The minimum absolute atomic E-state index is 0. The second kappa shape index (κ2) is 6.11. The van der Waals surface area contributed by atoms with Crippen molar-refractivity contribution in [3.05, 3.63) is 35.4 Å². The standard InChI is InChI=1S/C11H14F3N.ClH/c1-2-4-10(15)8-5-3-6-9(7-8)11(12,13)14;/h3,5-7,10H,2,4,15H2,1H3;1H/t10-;/m1./s1. The molecule has 1 aromatic carbocycles. The van der Waals surface area contributed by atoms with E-state index < -0.39 is 11.7 Å². The summed E-state index contributed by atoms with van der Waals surface area (Å²) in [7, 11) is 0. The van der Waals surface area contributed by atoms with Crippen LogP contribution in [0, 0.1) is 0 Å². The summed E-state index contributed by atoms with van der Waals surface area (Å²) in [4.78, 5) is 0. The molecule has 92 valence electrons. The second-order valence-electron chi connectivity index (χ2n) is 3.52. The van der Waals surface area contributed by atoms with Gasteiger partial charge in [0.25, 0.3) is 0 Å². The first-order valence-corrected chi connectivity index (χ1v) is 4.88. The van der Waals surface area contributed by atoms with Gasteiger partial charge >= 0.3 is 6.18 Å². The van der Waals surface area contributed by atoms with Crippen LogP contribution in [0.3, 0.4) is 0 Å². The fraction of sp³-hybridized carbons (Fsp3) is 0.455. The van der Waals surface area contributed by atoms with Crippen molar-refractivity contribution in [1.29, 1.82) is 0 Å². The highest BCUT2D eigenvalue weighted by Gasteiger charge is 2.30. The van der Waals surface area contributed by atoms with Crippen molar-refractivity contribution in [3.8, 4) is 0 Å². The molecular formula is C11H15ClF3N. The summed E-state index contributed by atoms with van der Waals surface area (Å²) in [6.07, 6.45) is -2.74. The molecule has 0 aromatic heterocycles. The molecule has 1 rings (SSSR count). The first-order chi connectivity index (χ1) is 6.95. The monoisotopic (exact) mass is 253 g/mol. The zero-order chi connectivity index (χ0) is 11.5. The van der Waals surface area contributed by atoms with Crippen molar-refractivity contribution >= 4 is 12.4 Å². The molecule has 0 bridgehead atoms. The maximum Gasteiger partial charge on any atom is 0.416 e. The van der Waals surface area contributed by atoms with Gasteiger partial charge in [-0.1, -0.05) is 25.5 Å². The van der Waals surface area contributed by atoms with Crippen LogP contribution in [-0.4, -0.2) is 0 Å². The summed E-state index contributed by atoms with van der Waals surface area (Å²) < 4.78 is 37.1. The molecule has 1 nitrogen and oxygen atoms in total. The second-order valence-corrected chi connectivity index (χ2v) is 3.52. The Morgan fingerprint density at radius 2 is 1.94 bits per heavy atom. The highest BCUT2D eigenvalue weighted by Crippen LogP contribution is 2.30. The van der Waals surface area contributed by atoms with E-state index >= 15 is 0 Å². The van der Waals surface area contributed by atoms with E-state index in [0.717, 1.165) is 18.6 Å². The van der Waals surface area contributed by atoms with E-state index in [-0.39, 0.29) is 18.4 Å². The van der Waals surface area contributed by atoms with E-state index in [2.05, 4.69) is 0 Å². The number of benzene rings is 1. The Hall–Kier alpha value is -0.740. The number of nitrogens with two attached hydrogens (primary N) is 1. The molecule has 0 radical (unpaired) electrons. The van der Waals surface area contributed by atoms with Crippen molar-refractivity contribution in [2.24, 2.45) is 5.73 Å². The largest absolute Gasteiger partial charge is 0.416 e. The molecule has 16 heavy (non-hydrogen) atoms. The Kier molecular flexibility index (Phi) is 5.83. The Morgan fingerprint density at radius 3 is 2.44 bits per heavy atom. The van der Waals surface area contributed by atoms with Gasteiger partial charge in [-0.25, -0.2) is 0 Å². The van der Waals surface area contributed by atoms with Crippen LogP contribution in [0.25, 0.3) is 0 Å². The van der Waals surface area contributed by atoms with Gasteiger partial charge in [0.15, 0.2) is 0 Å². The number of halogens is 4. The lowest BCUT2D eigenvalue weighted by molar-refractivity contribution is -0.137. The van der Waals surface area contributed by atoms with Gasteiger partial charge in [-0.15, -0.1) is 12.4 Å². The van der Waals surface area contributed by atoms with E-state index in [4.69, 9.17) is 5.73 Å². The number of hydrogen-bond donors (Lipinski definition) is 1. The van der Waals surface area contributed by atoms with Crippen molar-refractivity contribution in [1.82, 2.24) is 0 Å². The SMILES string of the molecule is CCC[C@@H](N)c1cccc(C(F)(F)F)c1.Cl. The molecule has 0 fully saturated rings. The van der Waals surface area contributed by atoms with Crippen molar-refractivity contribution in [2.75, 3.05) is 0 Å². The number of rotatable bonds is 3. The number of alkyl halides is 3. The van der Waals surface area contributed by atoms with Crippen LogP contribution in [0.2, 0.25) is 0 Å². The van der Waals surface area contributed by atoms with Gasteiger partial charge < -0.3 is 5.73 Å². The molecule has 0 amide bonds. The Morgan fingerprint density at radius 1 is 1.31 bits per heavy atom. The summed E-state index contributed by atoms with van der Waals surface area (Å²) in [5.74, 6) is 0. The predicted octanol–water partition coefficient (Wildman–Crippen LogP) is 3.93. The van der Waals surface area contributed by atoms with Crippen LogP contribution in [0.5, 0.6) is 0 Å². The Balaban J connectivity index is 0.00000225. The molecular weight excluding hydrogens is 239 g/mol. The molecule has 0 aliphatic rings. The lowest BCUT2D eigenvalue weighted by atomic mass is 10.0. The minimum Gasteiger partial charge on any atom is -0.324 e. The quantitative estimate of drug-likeness (QED) is 0.868. The normalized spacial score (nSPS) is 13.1. The van der Waals surface area contributed by atoms with Gasteiger partial charge in [-0.2, -0.15) is 13.2 Å². The summed E-state index contributed by atoms with van der Waals surface area (Å²) >= 11 is 0. The van der Waals surface area contributed by atoms with Gasteiger partial charge in [0.1, 0.15) is 0 Å². The van der Waals surface area contributed by atoms with Crippen molar-refractivity contribution < 1.29 is 13.2 Å². The third kappa shape index (κ3) is 4.02. The van der Waals surface area contributed by atoms with Gasteiger partial charge in [0, 0.05) is 6.04 Å². The van der Waals surface area contributed by atoms with Gasteiger partial charge in [-0.05, 0) is 24.1 Å². The predicted molar refractivity (Wildman–Crippen MR) is 60.5 cm³/mol. The third-order valence-electron chi connectivity index (χ3n) is 2.24. The van der Waals surface area contributed by atoms with Crippen LogP contribution in [-0.2, 0) is 6.18 Å². The summed E-state index contributed by atoms with van der Waals surface area (Å²) in [5, 5.41) is 0. The van der Waals surface area contributed by atoms with Gasteiger partial charge in [0.2, 0.25) is 0 Å². The van der Waals surface area contributed by atoms with Crippen LogP contribution >= 0.6 is 12.4 Å². The molecule has 5 heteroatoms. The van der Waals surface area contributed by atoms with E-state index in [1.54, 1.807) is 6.07 Å². The molecule has 0 unspecified atom stereocenters. The topological polar surface area (TPSA) is 26.0 Å². The Labute approximate surface area is 99.2 Å². The zero-order valence-corrected chi connectivity index (χ0v) is 9.74. The average Bonchev–Trinajstić information content (AvgIpc) is 2.17. The molecule has 0 aliphatic carbocycles. The molecule has 2 N–H and O–H groups in total. The molecule has 0 saturated carbocycles. The Bertz CT molecular complexity index is 325. The molecule has 0 aliphatic heterocycles. The molecule has 0 heterocycles. The molecule has 0 spiro atoms. The minimum atomic E-state index is -4.29. The summed E-state index contributed by atoms with van der Waals surface area (Å²) in [6, 6.07) is 4.91. The third-order valence-corrected chi connectivity index (χ3v) is 2.24. The first-order valence-electron chi connectivity index (χ1n) is 4.88. The van der Waals surface area contributed by atoms with E-state index in [0.29, 0.717) is 12.0 Å². The van der Waals surface area contributed by atoms with Gasteiger partial charge in [-0.3, -0.25) is 0 Å². The summed E-state index contributed by atoms with van der Waals surface area (Å²) in [5.41, 5.74) is 5.67. The maximum atomic E-state index is 12.4. The molecule has 1 aromatic rings. The zero-order valence-electron chi connectivity index (χ0n) is 8.92. The van der Waals surface area contributed by atoms with Crippen molar-refractivity contribution in [2.45, 2.75) is 32.0 Å². The van der Waals surface area contributed by atoms with Crippen LogP contribution in [0.15, 0.2) is 24.3 Å². The lowest BCUT2D eigenvalue weighted by Gasteiger charge is -2.13. The fourth-order valence-corrected chi connectivity index (χ4v) is 1.42. The van der Waals surface area contributed by atoms with Crippen LogP contribution < -0.4 is 5.73 Å². The molecule has 0 saturated heterocycles. The molecule has 1 atom stereocenters. The lowest BCUT2D eigenvalue weighted by Crippen LogP contribution is -2.12.